The third kappa shape index (κ3) is 1.97. The molecule has 1 aromatic rings. The van der Waals surface area contributed by atoms with Gasteiger partial charge in [0.25, 0.3) is 0 Å². The summed E-state index contributed by atoms with van der Waals surface area (Å²) < 4.78 is 7.72. The minimum Gasteiger partial charge on any atom is -0.380 e. The van der Waals surface area contributed by atoms with E-state index in [9.17, 15) is 0 Å². The second-order valence-corrected chi connectivity index (χ2v) is 5.19. The van der Waals surface area contributed by atoms with Crippen molar-refractivity contribution >= 4 is 11.8 Å². The second kappa shape index (κ2) is 4.73. The number of ether oxygens (including phenoxy) is 1. The normalized spacial score (nSPS) is 26.1. The van der Waals surface area contributed by atoms with Crippen molar-refractivity contribution in [2.45, 2.75) is 24.8 Å². The molecule has 0 aromatic carbocycles. The fraction of sp³-hybridized carbons (Fsp3) is 0.800. The van der Waals surface area contributed by atoms with Crippen LogP contribution in [0.1, 0.15) is 24.1 Å². The van der Waals surface area contributed by atoms with Crippen molar-refractivity contribution in [3.05, 3.63) is 11.6 Å². The molecule has 0 bridgehead atoms. The number of rotatable bonds is 1. The van der Waals surface area contributed by atoms with E-state index in [-0.39, 0.29) is 0 Å². The fourth-order valence-corrected chi connectivity index (χ4v) is 3.06. The SMILES string of the molecule is C1COCCC(c2nnc3n2CCSC3)N1. The summed E-state index contributed by atoms with van der Waals surface area (Å²) in [7, 11) is 0. The molecule has 1 saturated heterocycles. The molecule has 2 aliphatic heterocycles. The highest BCUT2D eigenvalue weighted by molar-refractivity contribution is 7.98. The Morgan fingerprint density at radius 1 is 1.38 bits per heavy atom. The summed E-state index contributed by atoms with van der Waals surface area (Å²) in [6, 6.07) is 0.312. The number of thioether (sulfide) groups is 1. The van der Waals surface area contributed by atoms with Gasteiger partial charge in [-0.15, -0.1) is 10.2 Å². The highest BCUT2D eigenvalue weighted by Gasteiger charge is 2.23. The van der Waals surface area contributed by atoms with Crippen LogP contribution in [0.5, 0.6) is 0 Å². The van der Waals surface area contributed by atoms with Crippen LogP contribution in [-0.2, 0) is 17.0 Å². The van der Waals surface area contributed by atoms with Gasteiger partial charge in [0.1, 0.15) is 11.6 Å². The van der Waals surface area contributed by atoms with Crippen molar-refractivity contribution in [3.8, 4) is 0 Å². The number of nitrogens with zero attached hydrogens (tertiary/aromatic N) is 3. The molecule has 0 radical (unpaired) electrons. The maximum Gasteiger partial charge on any atom is 0.150 e. The number of fused-ring (bicyclic) bond motifs is 1. The van der Waals surface area contributed by atoms with Crippen molar-refractivity contribution < 1.29 is 4.74 Å². The van der Waals surface area contributed by atoms with Crippen LogP contribution < -0.4 is 5.32 Å². The van der Waals surface area contributed by atoms with Crippen LogP contribution in [-0.4, -0.2) is 40.3 Å². The summed E-state index contributed by atoms with van der Waals surface area (Å²) in [5.41, 5.74) is 0. The quantitative estimate of drug-likeness (QED) is 0.778. The van der Waals surface area contributed by atoms with Crippen LogP contribution in [0.15, 0.2) is 0 Å². The Hall–Kier alpha value is -0.590. The van der Waals surface area contributed by atoms with Gasteiger partial charge in [0.2, 0.25) is 0 Å². The highest BCUT2D eigenvalue weighted by atomic mass is 32.2. The average Bonchev–Trinajstić information content (AvgIpc) is 2.57. The monoisotopic (exact) mass is 240 g/mol. The Kier molecular flexibility index (Phi) is 3.12. The lowest BCUT2D eigenvalue weighted by atomic mass is 10.2. The second-order valence-electron chi connectivity index (χ2n) is 4.09. The van der Waals surface area contributed by atoms with Crippen molar-refractivity contribution in [1.29, 1.82) is 0 Å². The maximum atomic E-state index is 5.44. The summed E-state index contributed by atoms with van der Waals surface area (Å²) in [6.45, 7) is 3.56. The van der Waals surface area contributed by atoms with Crippen LogP contribution in [0.25, 0.3) is 0 Å². The molecule has 3 heterocycles. The minimum absolute atomic E-state index is 0.312. The van der Waals surface area contributed by atoms with Crippen LogP contribution in [0.3, 0.4) is 0 Å². The van der Waals surface area contributed by atoms with Crippen LogP contribution in [0.2, 0.25) is 0 Å². The van der Waals surface area contributed by atoms with E-state index in [1.807, 2.05) is 11.8 Å². The molecule has 1 unspecified atom stereocenters. The zero-order valence-electron chi connectivity index (χ0n) is 9.19. The molecule has 0 saturated carbocycles. The van der Waals surface area contributed by atoms with Crippen LogP contribution >= 0.6 is 11.8 Å². The third-order valence-electron chi connectivity index (χ3n) is 3.05. The molecule has 6 heteroatoms. The lowest BCUT2D eigenvalue weighted by Gasteiger charge is -2.19. The first-order valence-electron chi connectivity index (χ1n) is 5.76. The molecule has 1 N–H and O–H groups in total. The topological polar surface area (TPSA) is 52.0 Å². The molecule has 1 atom stereocenters. The first-order valence-corrected chi connectivity index (χ1v) is 6.91. The van der Waals surface area contributed by atoms with E-state index in [0.717, 1.165) is 50.1 Å². The van der Waals surface area contributed by atoms with Crippen LogP contribution in [0, 0.1) is 0 Å². The molecule has 88 valence electrons. The molecule has 3 rings (SSSR count). The van der Waals surface area contributed by atoms with Crippen molar-refractivity contribution in [2.75, 3.05) is 25.5 Å². The standard InChI is InChI=1S/C10H16N4OS/c1-4-15-5-2-11-8(1)10-13-12-9-7-16-6-3-14(9)10/h8,11H,1-7H2. The highest BCUT2D eigenvalue weighted by Crippen LogP contribution is 2.23. The fourth-order valence-electron chi connectivity index (χ4n) is 2.21. The molecule has 1 aromatic heterocycles. The third-order valence-corrected chi connectivity index (χ3v) is 3.98. The van der Waals surface area contributed by atoms with Gasteiger partial charge in [0.15, 0.2) is 0 Å². The van der Waals surface area contributed by atoms with E-state index in [1.165, 1.54) is 5.75 Å². The zero-order chi connectivity index (χ0) is 10.8. The van der Waals surface area contributed by atoms with E-state index >= 15 is 0 Å². The Morgan fingerprint density at radius 3 is 3.38 bits per heavy atom. The molecular formula is C10H16N4OS. The van der Waals surface area contributed by atoms with E-state index in [4.69, 9.17) is 4.74 Å². The molecule has 0 amide bonds. The Morgan fingerprint density at radius 2 is 2.38 bits per heavy atom. The van der Waals surface area contributed by atoms with E-state index in [0.29, 0.717) is 6.04 Å². The number of aromatic nitrogens is 3. The summed E-state index contributed by atoms with van der Waals surface area (Å²) in [4.78, 5) is 0. The predicted octanol–water partition coefficient (Wildman–Crippen LogP) is 0.576. The van der Waals surface area contributed by atoms with Gasteiger partial charge in [-0.1, -0.05) is 0 Å². The zero-order valence-corrected chi connectivity index (χ0v) is 10.0. The van der Waals surface area contributed by atoms with Gasteiger partial charge in [-0.3, -0.25) is 0 Å². The average molecular weight is 240 g/mol. The van der Waals surface area contributed by atoms with Gasteiger partial charge in [-0.05, 0) is 6.42 Å². The van der Waals surface area contributed by atoms with Gasteiger partial charge in [-0.2, -0.15) is 11.8 Å². The summed E-state index contributed by atoms with van der Waals surface area (Å²) in [5, 5.41) is 12.1. The molecular weight excluding hydrogens is 224 g/mol. The lowest BCUT2D eigenvalue weighted by Crippen LogP contribution is -2.26. The van der Waals surface area contributed by atoms with Crippen molar-refractivity contribution in [3.63, 3.8) is 0 Å². The first-order chi connectivity index (χ1) is 7.95. The van der Waals surface area contributed by atoms with Gasteiger partial charge in [0.05, 0.1) is 18.4 Å². The van der Waals surface area contributed by atoms with E-state index in [2.05, 4.69) is 20.1 Å². The number of hydrogen-bond donors (Lipinski definition) is 1. The van der Waals surface area contributed by atoms with Gasteiger partial charge in [0, 0.05) is 25.4 Å². The Balaban J connectivity index is 1.84. The first kappa shape index (κ1) is 10.6. The van der Waals surface area contributed by atoms with Gasteiger partial charge in [-0.25, -0.2) is 0 Å². The minimum atomic E-state index is 0.312. The van der Waals surface area contributed by atoms with Crippen LogP contribution in [0.4, 0.5) is 0 Å². The summed E-state index contributed by atoms with van der Waals surface area (Å²) >= 11 is 1.93. The van der Waals surface area contributed by atoms with Gasteiger partial charge < -0.3 is 14.6 Å². The molecule has 2 aliphatic rings. The summed E-state index contributed by atoms with van der Waals surface area (Å²) in [6.07, 6.45) is 0.991. The van der Waals surface area contributed by atoms with Crippen molar-refractivity contribution in [2.24, 2.45) is 0 Å². The maximum absolute atomic E-state index is 5.44. The number of hydrogen-bond acceptors (Lipinski definition) is 5. The lowest BCUT2D eigenvalue weighted by molar-refractivity contribution is 0.149. The van der Waals surface area contributed by atoms with E-state index < -0.39 is 0 Å². The van der Waals surface area contributed by atoms with E-state index in [1.54, 1.807) is 0 Å². The Bertz CT molecular complexity index is 360. The van der Waals surface area contributed by atoms with Gasteiger partial charge >= 0.3 is 0 Å². The van der Waals surface area contributed by atoms with Crippen molar-refractivity contribution in [1.82, 2.24) is 20.1 Å². The molecule has 0 aliphatic carbocycles. The smallest absolute Gasteiger partial charge is 0.150 e. The summed E-state index contributed by atoms with van der Waals surface area (Å²) in [5.74, 6) is 4.39. The largest absolute Gasteiger partial charge is 0.380 e. The molecule has 16 heavy (non-hydrogen) atoms. The predicted molar refractivity (Wildman–Crippen MR) is 62.4 cm³/mol. The molecule has 1 fully saturated rings. The molecule has 0 spiro atoms. The Labute approximate surface area is 99.0 Å². The number of nitrogens with one attached hydrogen (secondary N) is 1. The molecule has 5 nitrogen and oxygen atoms in total.